The molecule has 1 fully saturated rings. The van der Waals surface area contributed by atoms with Gasteiger partial charge in [-0.1, -0.05) is 23.2 Å². The van der Waals surface area contributed by atoms with Gasteiger partial charge >= 0.3 is 6.09 Å². The van der Waals surface area contributed by atoms with E-state index < -0.39 is 5.60 Å². The predicted molar refractivity (Wildman–Crippen MR) is 122 cm³/mol. The lowest BCUT2D eigenvalue weighted by Gasteiger charge is -2.38. The first-order valence-electron chi connectivity index (χ1n) is 10.6. The van der Waals surface area contributed by atoms with Gasteiger partial charge in [0.1, 0.15) is 5.60 Å². The van der Waals surface area contributed by atoms with Crippen LogP contribution in [0.1, 0.15) is 44.2 Å². The van der Waals surface area contributed by atoms with Gasteiger partial charge < -0.3 is 14.5 Å². The fourth-order valence-electron chi connectivity index (χ4n) is 5.21. The normalized spacial score (nSPS) is 22.2. The van der Waals surface area contributed by atoms with E-state index in [1.165, 1.54) is 16.8 Å². The van der Waals surface area contributed by atoms with Crippen LogP contribution in [0.3, 0.4) is 0 Å². The minimum atomic E-state index is -0.483. The van der Waals surface area contributed by atoms with E-state index in [0.29, 0.717) is 28.5 Å². The maximum atomic E-state index is 12.7. The van der Waals surface area contributed by atoms with E-state index >= 15 is 0 Å². The summed E-state index contributed by atoms with van der Waals surface area (Å²) in [4.78, 5) is 17.1. The smallest absolute Gasteiger partial charge is 0.410 e. The van der Waals surface area contributed by atoms with Gasteiger partial charge in [-0.3, -0.25) is 0 Å². The van der Waals surface area contributed by atoms with E-state index in [2.05, 4.69) is 17.0 Å². The highest BCUT2D eigenvalue weighted by Gasteiger charge is 2.46. The molecule has 0 spiro atoms. The highest BCUT2D eigenvalue weighted by atomic mass is 35.5. The van der Waals surface area contributed by atoms with Gasteiger partial charge in [0, 0.05) is 52.9 Å². The first-order chi connectivity index (χ1) is 14.2. The maximum Gasteiger partial charge on any atom is 0.410 e. The van der Waals surface area contributed by atoms with Crippen molar-refractivity contribution in [1.82, 2.24) is 4.90 Å². The van der Waals surface area contributed by atoms with Crippen LogP contribution in [0.25, 0.3) is 11.1 Å². The molecular weight excluding hydrogens is 419 g/mol. The zero-order chi connectivity index (χ0) is 21.2. The molecule has 2 aromatic rings. The van der Waals surface area contributed by atoms with E-state index in [0.717, 1.165) is 37.1 Å². The van der Waals surface area contributed by atoms with Crippen molar-refractivity contribution in [3.63, 3.8) is 0 Å². The summed E-state index contributed by atoms with van der Waals surface area (Å²) in [6.07, 6.45) is 1.80. The largest absolute Gasteiger partial charge is 0.444 e. The average Bonchev–Trinajstić information content (AvgIpc) is 3.24. The second-order valence-electron chi connectivity index (χ2n) is 9.53. The van der Waals surface area contributed by atoms with Crippen LogP contribution < -0.4 is 4.90 Å². The van der Waals surface area contributed by atoms with Gasteiger partial charge in [-0.2, -0.15) is 0 Å². The first-order valence-corrected chi connectivity index (χ1v) is 11.3. The van der Waals surface area contributed by atoms with E-state index in [9.17, 15) is 4.79 Å². The molecule has 0 N–H and O–H groups in total. The number of carbonyl (C=O) groups is 1. The Kier molecular flexibility index (Phi) is 4.71. The van der Waals surface area contributed by atoms with E-state index in [4.69, 9.17) is 27.9 Å². The molecule has 2 aromatic carbocycles. The van der Waals surface area contributed by atoms with Gasteiger partial charge in [-0.15, -0.1) is 0 Å². The molecule has 3 aliphatic heterocycles. The topological polar surface area (TPSA) is 32.8 Å². The second kappa shape index (κ2) is 7.06. The van der Waals surface area contributed by atoms with Gasteiger partial charge in [0.15, 0.2) is 0 Å². The second-order valence-corrected chi connectivity index (χ2v) is 10.4. The lowest BCUT2D eigenvalue weighted by molar-refractivity contribution is 0.0189. The van der Waals surface area contributed by atoms with Gasteiger partial charge in [0.2, 0.25) is 0 Å². The molecule has 0 aromatic heterocycles. The zero-order valence-electron chi connectivity index (χ0n) is 17.5. The third kappa shape index (κ3) is 3.34. The minimum absolute atomic E-state index is 0.215. The number of benzene rings is 2. The summed E-state index contributed by atoms with van der Waals surface area (Å²) in [6, 6.07) is 10.6. The third-order valence-electron chi connectivity index (χ3n) is 6.39. The van der Waals surface area contributed by atoms with Crippen LogP contribution in [0, 0.1) is 0 Å². The van der Waals surface area contributed by atoms with Crippen molar-refractivity contribution in [3.8, 4) is 11.1 Å². The Hall–Kier alpha value is -1.91. The van der Waals surface area contributed by atoms with E-state index in [1.54, 1.807) is 0 Å². The summed E-state index contributed by atoms with van der Waals surface area (Å²) in [6.45, 7) is 8.21. The third-order valence-corrected chi connectivity index (χ3v) is 6.96. The summed E-state index contributed by atoms with van der Waals surface area (Å²) in [5.74, 6) is 0.290. The molecule has 0 radical (unpaired) electrons. The first kappa shape index (κ1) is 20.0. The number of fused-ring (bicyclic) bond motifs is 3. The molecule has 0 unspecified atom stereocenters. The predicted octanol–water partition coefficient (Wildman–Crippen LogP) is 6.13. The Morgan fingerprint density at radius 2 is 1.93 bits per heavy atom. The molecule has 2 atom stereocenters. The van der Waals surface area contributed by atoms with Crippen molar-refractivity contribution < 1.29 is 9.53 Å². The number of hydrogen-bond acceptors (Lipinski definition) is 3. The summed E-state index contributed by atoms with van der Waals surface area (Å²) < 4.78 is 5.64. The Labute approximate surface area is 187 Å². The number of piperidine rings is 1. The lowest BCUT2D eigenvalue weighted by atomic mass is 9.86. The van der Waals surface area contributed by atoms with Crippen molar-refractivity contribution in [3.05, 3.63) is 51.5 Å². The lowest BCUT2D eigenvalue weighted by Crippen LogP contribution is -2.49. The van der Waals surface area contributed by atoms with Gasteiger partial charge in [-0.25, -0.2) is 4.79 Å². The average molecular weight is 445 g/mol. The van der Waals surface area contributed by atoms with Crippen molar-refractivity contribution in [2.45, 2.75) is 51.2 Å². The van der Waals surface area contributed by atoms with Gasteiger partial charge in [-0.05, 0) is 80.6 Å². The van der Waals surface area contributed by atoms with Crippen LogP contribution in [0.4, 0.5) is 10.5 Å². The molecule has 1 amide bonds. The molecule has 30 heavy (non-hydrogen) atoms. The molecule has 4 nitrogen and oxygen atoms in total. The van der Waals surface area contributed by atoms with Gasteiger partial charge in [0.25, 0.3) is 0 Å². The fourth-order valence-corrected chi connectivity index (χ4v) is 5.61. The van der Waals surface area contributed by atoms with E-state index in [1.807, 2.05) is 43.9 Å². The van der Waals surface area contributed by atoms with Crippen molar-refractivity contribution in [1.29, 1.82) is 0 Å². The fraction of sp³-hybridized carbons (Fsp3) is 0.458. The van der Waals surface area contributed by atoms with Crippen molar-refractivity contribution >= 4 is 35.0 Å². The summed E-state index contributed by atoms with van der Waals surface area (Å²) in [5.41, 5.74) is 5.66. The minimum Gasteiger partial charge on any atom is -0.444 e. The molecule has 3 heterocycles. The molecule has 5 rings (SSSR count). The number of amides is 1. The van der Waals surface area contributed by atoms with Crippen LogP contribution in [-0.2, 0) is 11.2 Å². The van der Waals surface area contributed by atoms with Crippen LogP contribution in [0.2, 0.25) is 10.0 Å². The maximum absolute atomic E-state index is 12.7. The number of halogens is 2. The Morgan fingerprint density at radius 3 is 2.70 bits per heavy atom. The molecule has 1 saturated heterocycles. The summed E-state index contributed by atoms with van der Waals surface area (Å²) in [5, 5.41) is 1.38. The number of rotatable bonds is 1. The highest BCUT2D eigenvalue weighted by Crippen LogP contribution is 2.51. The van der Waals surface area contributed by atoms with Crippen LogP contribution in [0.15, 0.2) is 30.3 Å². The number of ether oxygens (including phenoxy) is 1. The molecule has 158 valence electrons. The van der Waals surface area contributed by atoms with Crippen LogP contribution in [0.5, 0.6) is 0 Å². The Morgan fingerprint density at radius 1 is 1.13 bits per heavy atom. The Bertz CT molecular complexity index is 1030. The summed E-state index contributed by atoms with van der Waals surface area (Å²) >= 11 is 12.8. The molecule has 6 heteroatoms. The number of likely N-dealkylation sites (tertiary alicyclic amines) is 1. The number of carbonyl (C=O) groups excluding carboxylic acids is 1. The number of nitrogens with zero attached hydrogens (tertiary/aromatic N) is 2. The van der Waals surface area contributed by atoms with Gasteiger partial charge in [0.05, 0.1) is 0 Å². The molecule has 0 saturated carbocycles. The van der Waals surface area contributed by atoms with Crippen molar-refractivity contribution in [2.24, 2.45) is 0 Å². The highest BCUT2D eigenvalue weighted by molar-refractivity contribution is 6.35. The SMILES string of the molecule is CC(C)(C)OC(=O)N1CC[C@H]2[C@@H](C1)c1cc(-c3cc(Cl)ccc3Cl)cc3c1N2CC3. The molecule has 0 bridgehead atoms. The molecule has 3 aliphatic rings. The van der Waals surface area contributed by atoms with E-state index in [-0.39, 0.29) is 6.09 Å². The standard InChI is InChI=1S/C24H26Cl2N2O2/c1-24(2,3)30-23(29)27-8-7-21-19(13-27)18-11-15(10-14-6-9-28(21)22(14)18)17-12-16(25)4-5-20(17)26/h4-5,10-12,19,21H,6-9,13H2,1-3H3/t19-,21-/m0/s1. The number of hydrogen-bond donors (Lipinski definition) is 0. The van der Waals surface area contributed by atoms with Crippen molar-refractivity contribution in [2.75, 3.05) is 24.5 Å². The number of anilines is 1. The summed E-state index contributed by atoms with van der Waals surface area (Å²) in [7, 11) is 0. The molecule has 0 aliphatic carbocycles. The zero-order valence-corrected chi connectivity index (χ0v) is 19.1. The Balaban J connectivity index is 1.51. The monoisotopic (exact) mass is 444 g/mol. The quantitative estimate of drug-likeness (QED) is 0.530. The van der Waals surface area contributed by atoms with Crippen LogP contribution in [-0.4, -0.2) is 42.3 Å². The van der Waals surface area contributed by atoms with Crippen LogP contribution >= 0.6 is 23.2 Å². The molecular formula is C24H26Cl2N2O2.